The van der Waals surface area contributed by atoms with Crippen LogP contribution in [0, 0.1) is 6.92 Å². The molecule has 3 nitrogen and oxygen atoms in total. The minimum Gasteiger partial charge on any atom is -0.591 e. The van der Waals surface area contributed by atoms with Gasteiger partial charge in [0.15, 0.2) is 0 Å². The Morgan fingerprint density at radius 1 is 1.35 bits per heavy atom. The summed E-state index contributed by atoms with van der Waals surface area (Å²) in [5.41, 5.74) is 2.02. The van der Waals surface area contributed by atoms with Gasteiger partial charge >= 0.3 is 0 Å². The van der Waals surface area contributed by atoms with Crippen molar-refractivity contribution in [2.45, 2.75) is 32.4 Å². The van der Waals surface area contributed by atoms with Crippen molar-refractivity contribution in [1.82, 2.24) is 0 Å². The zero-order valence-corrected chi connectivity index (χ0v) is 11.8. The fourth-order valence-corrected chi connectivity index (χ4v) is 1.71. The third kappa shape index (κ3) is 4.06. The third-order valence-electron chi connectivity index (χ3n) is 2.29. The van der Waals surface area contributed by atoms with Crippen LogP contribution in [0.15, 0.2) is 22.6 Å². The average Bonchev–Trinajstić information content (AvgIpc) is 2.25. The first kappa shape index (κ1) is 14.1. The van der Waals surface area contributed by atoms with E-state index in [1.165, 1.54) is 0 Å². The molecular formula is C13H19NO2S. The Kier molecular flexibility index (Phi) is 4.60. The second-order valence-corrected chi connectivity index (χ2v) is 6.75. The Balaban J connectivity index is 2.85. The molecule has 0 radical (unpaired) electrons. The molecule has 1 unspecified atom stereocenters. The number of benzene rings is 1. The summed E-state index contributed by atoms with van der Waals surface area (Å²) in [5, 5.41) is 0. The predicted molar refractivity (Wildman–Crippen MR) is 73.2 cm³/mol. The highest BCUT2D eigenvalue weighted by molar-refractivity contribution is 7.91. The summed E-state index contributed by atoms with van der Waals surface area (Å²) < 4.78 is 20.7. The monoisotopic (exact) mass is 253 g/mol. The summed E-state index contributed by atoms with van der Waals surface area (Å²) in [4.78, 5) is 0. The highest BCUT2D eigenvalue weighted by atomic mass is 32.2. The minimum absolute atomic E-state index is 0.323. The van der Waals surface area contributed by atoms with Gasteiger partial charge in [-0.05, 0) is 51.5 Å². The maximum Gasteiger partial charge on any atom is 0.144 e. The second-order valence-electron chi connectivity index (χ2n) is 4.82. The molecule has 0 bridgehead atoms. The van der Waals surface area contributed by atoms with Gasteiger partial charge in [-0.15, -0.1) is 0 Å². The largest absolute Gasteiger partial charge is 0.591 e. The van der Waals surface area contributed by atoms with Crippen LogP contribution >= 0.6 is 0 Å². The van der Waals surface area contributed by atoms with E-state index in [-0.39, 0.29) is 4.75 Å². The molecule has 0 fully saturated rings. The van der Waals surface area contributed by atoms with Gasteiger partial charge in [0.1, 0.15) is 21.9 Å². The number of hydrogen-bond acceptors (Lipinski definition) is 3. The highest BCUT2D eigenvalue weighted by Gasteiger charge is 2.25. The van der Waals surface area contributed by atoms with E-state index in [0.29, 0.717) is 0 Å². The number of rotatable bonds is 3. The lowest BCUT2D eigenvalue weighted by Gasteiger charge is -2.17. The molecule has 1 rings (SSSR count). The molecule has 0 N–H and O–H groups in total. The minimum atomic E-state index is -1.22. The maximum absolute atomic E-state index is 11.8. The first-order valence-electron chi connectivity index (χ1n) is 5.45. The lowest BCUT2D eigenvalue weighted by molar-refractivity contribution is 0.414. The normalized spacial score (nSPS) is 14.0. The Morgan fingerprint density at radius 2 is 2.00 bits per heavy atom. The molecule has 4 heteroatoms. The van der Waals surface area contributed by atoms with Crippen LogP contribution in [0.4, 0.5) is 0 Å². The first-order chi connectivity index (χ1) is 7.84. The molecule has 1 aromatic carbocycles. The van der Waals surface area contributed by atoms with Gasteiger partial charge in [-0.3, -0.25) is 0 Å². The van der Waals surface area contributed by atoms with Crippen LogP contribution in [0.5, 0.6) is 5.75 Å². The van der Waals surface area contributed by atoms with Gasteiger partial charge in [0.25, 0.3) is 0 Å². The van der Waals surface area contributed by atoms with E-state index in [0.717, 1.165) is 16.9 Å². The molecule has 1 aromatic rings. The molecule has 0 amide bonds. The smallest absolute Gasteiger partial charge is 0.144 e. The summed E-state index contributed by atoms with van der Waals surface area (Å²) in [5.74, 6) is 0.816. The molecule has 0 aliphatic rings. The predicted octanol–water partition coefficient (Wildman–Crippen LogP) is 2.88. The SMILES string of the molecule is COc1ccc(/C=N/[S+]([O-])C(C)(C)C)c(C)c1. The van der Waals surface area contributed by atoms with E-state index in [1.54, 1.807) is 13.3 Å². The molecule has 17 heavy (non-hydrogen) atoms. The zero-order chi connectivity index (χ0) is 13.1. The van der Waals surface area contributed by atoms with Gasteiger partial charge in [-0.25, -0.2) is 0 Å². The molecule has 0 heterocycles. The summed E-state index contributed by atoms with van der Waals surface area (Å²) >= 11 is -1.22. The molecule has 0 aliphatic carbocycles. The molecule has 0 aliphatic heterocycles. The van der Waals surface area contributed by atoms with Crippen molar-refractivity contribution >= 4 is 17.6 Å². The van der Waals surface area contributed by atoms with Crippen molar-refractivity contribution in [1.29, 1.82) is 0 Å². The van der Waals surface area contributed by atoms with Gasteiger partial charge in [-0.1, -0.05) is 4.40 Å². The Hall–Kier alpha value is -1.00. The zero-order valence-electron chi connectivity index (χ0n) is 11.0. The van der Waals surface area contributed by atoms with Crippen LogP contribution in [0.2, 0.25) is 0 Å². The maximum atomic E-state index is 11.8. The standard InChI is InChI=1S/C13H19NO2S/c1-10-8-12(16-5)7-6-11(10)9-14-17(15)13(2,3)4/h6-9H,1-5H3/b14-9+. The van der Waals surface area contributed by atoms with Crippen LogP contribution in [0.25, 0.3) is 0 Å². The fraction of sp³-hybridized carbons (Fsp3) is 0.462. The summed E-state index contributed by atoms with van der Waals surface area (Å²) in [7, 11) is 1.64. The van der Waals surface area contributed by atoms with Crippen molar-refractivity contribution in [3.05, 3.63) is 29.3 Å². The molecular weight excluding hydrogens is 234 g/mol. The second kappa shape index (κ2) is 5.56. The summed E-state index contributed by atoms with van der Waals surface area (Å²) in [6, 6.07) is 5.72. The van der Waals surface area contributed by atoms with E-state index in [2.05, 4.69) is 4.40 Å². The third-order valence-corrected chi connectivity index (χ3v) is 3.63. The van der Waals surface area contributed by atoms with Crippen molar-refractivity contribution < 1.29 is 9.29 Å². The van der Waals surface area contributed by atoms with Crippen LogP contribution in [0.3, 0.4) is 0 Å². The lowest BCUT2D eigenvalue weighted by Crippen LogP contribution is -2.25. The van der Waals surface area contributed by atoms with E-state index in [4.69, 9.17) is 4.74 Å². The van der Waals surface area contributed by atoms with Crippen LogP contribution in [-0.2, 0) is 11.4 Å². The summed E-state index contributed by atoms with van der Waals surface area (Å²) in [6.45, 7) is 7.69. The van der Waals surface area contributed by atoms with Crippen LogP contribution < -0.4 is 4.74 Å². The summed E-state index contributed by atoms with van der Waals surface area (Å²) in [6.07, 6.45) is 1.66. The van der Waals surface area contributed by atoms with Gasteiger partial charge in [0.05, 0.1) is 13.3 Å². The molecule has 94 valence electrons. The van der Waals surface area contributed by atoms with Crippen LogP contribution in [-0.4, -0.2) is 22.6 Å². The Labute approximate surface area is 106 Å². The van der Waals surface area contributed by atoms with Crippen molar-refractivity contribution in [3.8, 4) is 5.75 Å². The molecule has 0 spiro atoms. The van der Waals surface area contributed by atoms with E-state index in [1.807, 2.05) is 45.9 Å². The molecule has 0 aromatic heterocycles. The Morgan fingerprint density at radius 3 is 2.47 bits per heavy atom. The van der Waals surface area contributed by atoms with Gasteiger partial charge in [-0.2, -0.15) is 0 Å². The number of methoxy groups -OCH3 is 1. The number of ether oxygens (including phenoxy) is 1. The molecule has 1 atom stereocenters. The quantitative estimate of drug-likeness (QED) is 0.614. The topological polar surface area (TPSA) is 44.6 Å². The first-order valence-corrected chi connectivity index (χ1v) is 6.56. The van der Waals surface area contributed by atoms with Crippen molar-refractivity contribution in [2.24, 2.45) is 4.40 Å². The number of nitrogens with zero attached hydrogens (tertiary/aromatic N) is 1. The molecule has 0 saturated carbocycles. The van der Waals surface area contributed by atoms with Crippen LogP contribution in [0.1, 0.15) is 31.9 Å². The van der Waals surface area contributed by atoms with Gasteiger partial charge in [0.2, 0.25) is 0 Å². The fourth-order valence-electron chi connectivity index (χ4n) is 1.18. The molecule has 0 saturated heterocycles. The van der Waals surface area contributed by atoms with Gasteiger partial charge < -0.3 is 9.29 Å². The van der Waals surface area contributed by atoms with E-state index >= 15 is 0 Å². The van der Waals surface area contributed by atoms with Crippen molar-refractivity contribution in [2.75, 3.05) is 7.11 Å². The van der Waals surface area contributed by atoms with E-state index in [9.17, 15) is 4.55 Å². The Bertz CT molecular complexity index is 410. The van der Waals surface area contributed by atoms with Gasteiger partial charge in [0, 0.05) is 5.56 Å². The number of aryl methyl sites for hydroxylation is 1. The lowest BCUT2D eigenvalue weighted by atomic mass is 10.1. The average molecular weight is 253 g/mol. The van der Waals surface area contributed by atoms with E-state index < -0.39 is 11.4 Å². The highest BCUT2D eigenvalue weighted by Crippen LogP contribution is 2.19. The van der Waals surface area contributed by atoms with Crippen molar-refractivity contribution in [3.63, 3.8) is 0 Å². The number of hydrogen-bond donors (Lipinski definition) is 0.